The first-order valence-corrected chi connectivity index (χ1v) is 5.05. The monoisotopic (exact) mass is 251 g/mol. The molecule has 1 aromatic heterocycles. The van der Waals surface area contributed by atoms with Crippen molar-refractivity contribution >= 4 is 29.8 Å². The van der Waals surface area contributed by atoms with Gasteiger partial charge in [-0.15, -0.1) is 5.10 Å². The zero-order chi connectivity index (χ0) is 11.7. The van der Waals surface area contributed by atoms with Crippen LogP contribution in [0.5, 0.6) is 0 Å². The van der Waals surface area contributed by atoms with Crippen LogP contribution in [0.25, 0.3) is 5.69 Å². The second-order valence-corrected chi connectivity index (χ2v) is 3.79. The van der Waals surface area contributed by atoms with Gasteiger partial charge >= 0.3 is 0 Å². The highest BCUT2D eigenvalue weighted by Gasteiger charge is 2.09. The molecule has 0 aliphatic carbocycles. The van der Waals surface area contributed by atoms with Crippen LogP contribution in [-0.4, -0.2) is 14.8 Å². The van der Waals surface area contributed by atoms with E-state index in [-0.39, 0.29) is 5.95 Å². The Morgan fingerprint density at radius 1 is 1.56 bits per heavy atom. The zero-order valence-electron chi connectivity index (χ0n) is 7.94. The number of nitrogens with zero attached hydrogens (tertiary/aromatic N) is 3. The van der Waals surface area contributed by atoms with Gasteiger partial charge in [-0.05, 0) is 30.4 Å². The standard InChI is InChI=1S/C9H6ClN5S/c10-6-2-1-5(4-11)3-7(6)15-8(12)13-14-9(15)16/h1-3H,(H2,12,13)(H,14,16). The Kier molecular flexibility index (Phi) is 2.64. The van der Waals surface area contributed by atoms with Crippen molar-refractivity contribution in [1.82, 2.24) is 14.8 Å². The molecule has 0 unspecified atom stereocenters. The van der Waals surface area contributed by atoms with Crippen LogP contribution in [0.3, 0.4) is 0 Å². The van der Waals surface area contributed by atoms with E-state index in [2.05, 4.69) is 10.2 Å². The minimum Gasteiger partial charge on any atom is -0.368 e. The minimum absolute atomic E-state index is 0.196. The predicted octanol–water partition coefficient (Wildman–Crippen LogP) is 2.04. The summed E-state index contributed by atoms with van der Waals surface area (Å²) in [4.78, 5) is 0. The fourth-order valence-corrected chi connectivity index (χ4v) is 1.74. The van der Waals surface area contributed by atoms with Gasteiger partial charge in [0.15, 0.2) is 0 Å². The molecule has 80 valence electrons. The highest BCUT2D eigenvalue weighted by molar-refractivity contribution is 7.71. The molecule has 0 radical (unpaired) electrons. The Balaban J connectivity index is 2.74. The first-order valence-electron chi connectivity index (χ1n) is 4.26. The molecule has 1 aromatic carbocycles. The second kappa shape index (κ2) is 3.96. The number of nitriles is 1. The van der Waals surface area contributed by atoms with E-state index in [0.29, 0.717) is 21.0 Å². The van der Waals surface area contributed by atoms with Crippen LogP contribution in [0, 0.1) is 16.1 Å². The van der Waals surface area contributed by atoms with E-state index in [1.54, 1.807) is 18.2 Å². The van der Waals surface area contributed by atoms with E-state index in [4.69, 9.17) is 34.8 Å². The summed E-state index contributed by atoms with van der Waals surface area (Å²) in [5, 5.41) is 15.6. The average molecular weight is 252 g/mol. The minimum atomic E-state index is 0.196. The van der Waals surface area contributed by atoms with Crippen LogP contribution >= 0.6 is 23.8 Å². The maximum Gasteiger partial charge on any atom is 0.225 e. The number of hydrogen-bond donors (Lipinski definition) is 2. The number of benzene rings is 1. The van der Waals surface area contributed by atoms with Gasteiger partial charge in [-0.2, -0.15) is 5.26 Å². The molecular formula is C9H6ClN5S. The molecule has 2 aromatic rings. The van der Waals surface area contributed by atoms with Gasteiger partial charge in [-0.1, -0.05) is 11.6 Å². The molecule has 0 atom stereocenters. The maximum atomic E-state index is 8.81. The van der Waals surface area contributed by atoms with Crippen molar-refractivity contribution in [3.8, 4) is 11.8 Å². The van der Waals surface area contributed by atoms with Crippen LogP contribution in [0.1, 0.15) is 5.56 Å². The van der Waals surface area contributed by atoms with Crippen molar-refractivity contribution < 1.29 is 0 Å². The highest BCUT2D eigenvalue weighted by atomic mass is 35.5. The normalized spacial score (nSPS) is 10.0. The topological polar surface area (TPSA) is 83.4 Å². The molecular weight excluding hydrogens is 246 g/mol. The van der Waals surface area contributed by atoms with Crippen LogP contribution in [-0.2, 0) is 0 Å². The number of nitrogens with two attached hydrogens (primary N) is 1. The molecule has 0 spiro atoms. The van der Waals surface area contributed by atoms with Crippen molar-refractivity contribution in [2.45, 2.75) is 0 Å². The zero-order valence-corrected chi connectivity index (χ0v) is 9.51. The number of aromatic nitrogens is 3. The molecule has 0 saturated heterocycles. The van der Waals surface area contributed by atoms with Gasteiger partial charge in [-0.25, -0.2) is 5.10 Å². The lowest BCUT2D eigenvalue weighted by Gasteiger charge is -2.06. The second-order valence-electron chi connectivity index (χ2n) is 3.00. The number of rotatable bonds is 1. The molecule has 7 heteroatoms. The lowest BCUT2D eigenvalue weighted by molar-refractivity contribution is 1.04. The van der Waals surface area contributed by atoms with Crippen molar-refractivity contribution in [2.75, 3.05) is 5.73 Å². The molecule has 0 bridgehead atoms. The van der Waals surface area contributed by atoms with Crippen LogP contribution < -0.4 is 5.73 Å². The van der Waals surface area contributed by atoms with E-state index < -0.39 is 0 Å². The van der Waals surface area contributed by atoms with Gasteiger partial charge in [0.1, 0.15) is 0 Å². The molecule has 0 saturated carbocycles. The molecule has 0 aliphatic heterocycles. The predicted molar refractivity (Wildman–Crippen MR) is 62.9 cm³/mol. The largest absolute Gasteiger partial charge is 0.368 e. The maximum absolute atomic E-state index is 8.81. The summed E-state index contributed by atoms with van der Waals surface area (Å²) in [5.41, 5.74) is 6.66. The Morgan fingerprint density at radius 2 is 2.31 bits per heavy atom. The van der Waals surface area contributed by atoms with Gasteiger partial charge in [0.2, 0.25) is 10.7 Å². The van der Waals surface area contributed by atoms with E-state index in [1.165, 1.54) is 4.57 Å². The van der Waals surface area contributed by atoms with E-state index in [1.807, 2.05) is 6.07 Å². The Hall–Kier alpha value is -1.84. The fourth-order valence-electron chi connectivity index (χ4n) is 1.30. The third-order valence-electron chi connectivity index (χ3n) is 2.01. The Bertz CT molecular complexity index is 636. The summed E-state index contributed by atoms with van der Waals surface area (Å²) in [6.45, 7) is 0. The van der Waals surface area contributed by atoms with Gasteiger partial charge in [0.05, 0.1) is 22.3 Å². The molecule has 0 amide bonds. The number of aromatic amines is 1. The number of hydrogen-bond acceptors (Lipinski definition) is 4. The van der Waals surface area contributed by atoms with Crippen molar-refractivity contribution in [2.24, 2.45) is 0 Å². The van der Waals surface area contributed by atoms with Crippen LogP contribution in [0.15, 0.2) is 18.2 Å². The van der Waals surface area contributed by atoms with Crippen molar-refractivity contribution in [3.05, 3.63) is 33.6 Å². The molecule has 16 heavy (non-hydrogen) atoms. The Morgan fingerprint density at radius 3 is 2.88 bits per heavy atom. The van der Waals surface area contributed by atoms with Gasteiger partial charge < -0.3 is 5.73 Å². The summed E-state index contributed by atoms with van der Waals surface area (Å²) in [7, 11) is 0. The number of anilines is 1. The lowest BCUT2D eigenvalue weighted by Crippen LogP contribution is -2.01. The number of halogens is 1. The molecule has 0 fully saturated rings. The van der Waals surface area contributed by atoms with Gasteiger partial charge in [0, 0.05) is 0 Å². The summed E-state index contributed by atoms with van der Waals surface area (Å²) in [6.07, 6.45) is 0. The van der Waals surface area contributed by atoms with E-state index >= 15 is 0 Å². The van der Waals surface area contributed by atoms with Crippen LogP contribution in [0.4, 0.5) is 5.95 Å². The summed E-state index contributed by atoms with van der Waals surface area (Å²) in [6, 6.07) is 6.85. The molecule has 2 rings (SSSR count). The van der Waals surface area contributed by atoms with Crippen LogP contribution in [0.2, 0.25) is 5.02 Å². The number of nitrogen functional groups attached to an aromatic ring is 1. The molecule has 5 nitrogen and oxygen atoms in total. The number of H-pyrrole nitrogens is 1. The summed E-state index contributed by atoms with van der Waals surface area (Å²) >= 11 is 11.0. The van der Waals surface area contributed by atoms with Crippen molar-refractivity contribution in [1.29, 1.82) is 5.26 Å². The lowest BCUT2D eigenvalue weighted by atomic mass is 10.2. The SMILES string of the molecule is N#Cc1ccc(Cl)c(-n2c(N)n[nH]c2=S)c1. The third-order valence-corrected chi connectivity index (χ3v) is 2.61. The van der Waals surface area contributed by atoms with Gasteiger partial charge in [-0.3, -0.25) is 4.57 Å². The quantitative estimate of drug-likeness (QED) is 0.760. The first-order chi connectivity index (χ1) is 7.63. The van der Waals surface area contributed by atoms with E-state index in [9.17, 15) is 0 Å². The average Bonchev–Trinajstić information content (AvgIpc) is 2.60. The van der Waals surface area contributed by atoms with Gasteiger partial charge in [0.25, 0.3) is 0 Å². The van der Waals surface area contributed by atoms with E-state index in [0.717, 1.165) is 0 Å². The molecule has 3 N–H and O–H groups in total. The number of nitrogens with one attached hydrogen (secondary N) is 1. The third kappa shape index (κ3) is 1.66. The van der Waals surface area contributed by atoms with Crippen molar-refractivity contribution in [3.63, 3.8) is 0 Å². The molecule has 1 heterocycles. The highest BCUT2D eigenvalue weighted by Crippen LogP contribution is 2.23. The smallest absolute Gasteiger partial charge is 0.225 e. The first kappa shape index (κ1) is 10.7. The summed E-state index contributed by atoms with van der Waals surface area (Å²) < 4.78 is 1.80. The fraction of sp³-hybridized carbons (Fsp3) is 0. The Labute approximate surface area is 101 Å². The summed E-state index contributed by atoms with van der Waals surface area (Å²) in [5.74, 6) is 0.196. The molecule has 0 aliphatic rings.